The summed E-state index contributed by atoms with van der Waals surface area (Å²) in [7, 11) is 0. The molecule has 0 bridgehead atoms. The second-order valence-corrected chi connectivity index (χ2v) is 5.81. The van der Waals surface area contributed by atoms with Gasteiger partial charge in [0.2, 0.25) is 0 Å². The number of unbranched alkanes of at least 4 members (excludes halogenated alkanes) is 1. The van der Waals surface area contributed by atoms with E-state index in [0.29, 0.717) is 12.1 Å². The molecule has 0 radical (unpaired) electrons. The van der Waals surface area contributed by atoms with Crippen molar-refractivity contribution in [1.29, 1.82) is 0 Å². The number of ether oxygens (including phenoxy) is 1. The number of carboxylic acid groups (broad SMARTS) is 1. The predicted molar refractivity (Wildman–Crippen MR) is 97.2 cm³/mol. The number of aromatic nitrogens is 1. The number of pyridine rings is 1. The number of hydrogen-bond donors (Lipinski definition) is 2. The molecule has 1 amide bonds. The summed E-state index contributed by atoms with van der Waals surface area (Å²) in [5.74, 6) is -1.12. The molecule has 0 atom stereocenters. The Bertz CT molecular complexity index is 814. The highest BCUT2D eigenvalue weighted by Crippen LogP contribution is 2.09. The van der Waals surface area contributed by atoms with Crippen molar-refractivity contribution >= 4 is 17.7 Å². The van der Waals surface area contributed by atoms with Crippen LogP contribution in [0.3, 0.4) is 0 Å². The lowest BCUT2D eigenvalue weighted by molar-refractivity contribution is -0.137. The third-order valence-corrected chi connectivity index (χ3v) is 3.79. The van der Waals surface area contributed by atoms with Gasteiger partial charge in [0.05, 0.1) is 0 Å². The van der Waals surface area contributed by atoms with Gasteiger partial charge in [-0.25, -0.2) is 4.79 Å². The molecule has 0 fully saturated rings. The molecule has 2 rings (SSSR count). The molecule has 0 aliphatic rings. The molecule has 2 N–H and O–H groups in total. The fourth-order valence-corrected chi connectivity index (χ4v) is 2.47. The van der Waals surface area contributed by atoms with E-state index in [1.54, 1.807) is 6.07 Å². The highest BCUT2D eigenvalue weighted by atomic mass is 16.5. The van der Waals surface area contributed by atoms with Gasteiger partial charge in [0, 0.05) is 5.69 Å². The number of hydrogen-bond acceptors (Lipinski definition) is 4. The van der Waals surface area contributed by atoms with Crippen LogP contribution in [0.2, 0.25) is 0 Å². The molecular formula is C19H22N2O5. The maximum Gasteiger partial charge on any atom is 0.412 e. The van der Waals surface area contributed by atoms with E-state index in [-0.39, 0.29) is 12.3 Å². The number of carbonyl (C=O) groups is 2. The van der Waals surface area contributed by atoms with Gasteiger partial charge in [0.1, 0.15) is 18.8 Å². The van der Waals surface area contributed by atoms with E-state index in [2.05, 4.69) is 5.32 Å². The van der Waals surface area contributed by atoms with E-state index < -0.39 is 24.2 Å². The van der Waals surface area contributed by atoms with Crippen LogP contribution < -0.4 is 10.9 Å². The number of benzene rings is 1. The highest BCUT2D eigenvalue weighted by molar-refractivity contribution is 5.84. The van der Waals surface area contributed by atoms with Gasteiger partial charge in [0.15, 0.2) is 0 Å². The summed E-state index contributed by atoms with van der Waals surface area (Å²) in [4.78, 5) is 35.5. The van der Waals surface area contributed by atoms with Gasteiger partial charge >= 0.3 is 12.1 Å². The monoisotopic (exact) mass is 358 g/mol. The number of aliphatic carboxylic acids is 1. The smallest absolute Gasteiger partial charge is 0.412 e. The second-order valence-electron chi connectivity index (χ2n) is 5.81. The molecule has 7 nitrogen and oxygen atoms in total. The molecule has 0 saturated heterocycles. The molecule has 1 aromatic carbocycles. The number of nitrogens with one attached hydrogen (secondary N) is 1. The van der Waals surface area contributed by atoms with Gasteiger partial charge in [-0.3, -0.25) is 19.5 Å². The minimum absolute atomic E-state index is 0.00967. The van der Waals surface area contributed by atoms with Crippen molar-refractivity contribution in [3.05, 3.63) is 64.1 Å². The van der Waals surface area contributed by atoms with Crippen molar-refractivity contribution in [2.75, 3.05) is 5.32 Å². The van der Waals surface area contributed by atoms with Gasteiger partial charge in [0.25, 0.3) is 5.56 Å². The summed E-state index contributed by atoms with van der Waals surface area (Å²) in [6.07, 6.45) is 1.59. The molecule has 0 aliphatic heterocycles. The Morgan fingerprint density at radius 1 is 1.15 bits per heavy atom. The second kappa shape index (κ2) is 9.41. The number of rotatable bonds is 8. The van der Waals surface area contributed by atoms with Crippen molar-refractivity contribution in [2.45, 2.75) is 39.3 Å². The Hall–Kier alpha value is -3.09. The number of carboxylic acids is 1. The van der Waals surface area contributed by atoms with Crippen molar-refractivity contribution < 1.29 is 19.4 Å². The van der Waals surface area contributed by atoms with Crippen LogP contribution in [0.5, 0.6) is 0 Å². The zero-order valence-electron chi connectivity index (χ0n) is 14.6. The van der Waals surface area contributed by atoms with Gasteiger partial charge in [-0.1, -0.05) is 43.7 Å². The molecule has 26 heavy (non-hydrogen) atoms. The Balaban J connectivity index is 2.11. The van der Waals surface area contributed by atoms with Crippen molar-refractivity contribution in [2.24, 2.45) is 0 Å². The van der Waals surface area contributed by atoms with Gasteiger partial charge in [-0.05, 0) is 30.5 Å². The van der Waals surface area contributed by atoms with Crippen LogP contribution in [-0.4, -0.2) is 21.7 Å². The van der Waals surface area contributed by atoms with E-state index in [0.717, 1.165) is 18.4 Å². The van der Waals surface area contributed by atoms with E-state index in [1.807, 2.05) is 37.3 Å². The normalized spacial score (nSPS) is 10.3. The van der Waals surface area contributed by atoms with Crippen LogP contribution >= 0.6 is 0 Å². The number of nitrogens with zero attached hydrogens (tertiary/aromatic N) is 1. The topological polar surface area (TPSA) is 97.6 Å². The van der Waals surface area contributed by atoms with Crippen molar-refractivity contribution in [3.8, 4) is 0 Å². The standard InChI is InChI=1S/C19H22N2O5/c1-2-3-9-15-10-11-16(18(24)21(15)12-17(22)23)20-19(25)26-13-14-7-5-4-6-8-14/h4-8,10-11H,2-3,9,12-13H2,1H3,(H,20,25)(H,22,23). The van der Waals surface area contributed by atoms with Crippen LogP contribution in [0, 0.1) is 0 Å². The Morgan fingerprint density at radius 3 is 2.54 bits per heavy atom. The molecule has 0 unspecified atom stereocenters. The predicted octanol–water partition coefficient (Wildman–Crippen LogP) is 3.02. The zero-order chi connectivity index (χ0) is 18.9. The molecule has 2 aromatic rings. The summed E-state index contributed by atoms with van der Waals surface area (Å²) < 4.78 is 6.26. The number of aryl methyl sites for hydroxylation is 1. The van der Waals surface area contributed by atoms with E-state index in [4.69, 9.17) is 9.84 Å². The lowest BCUT2D eigenvalue weighted by atomic mass is 10.1. The lowest BCUT2D eigenvalue weighted by Gasteiger charge is -2.13. The third-order valence-electron chi connectivity index (χ3n) is 3.79. The number of carbonyl (C=O) groups excluding carboxylic acids is 1. The molecule has 1 heterocycles. The minimum atomic E-state index is -1.12. The molecule has 0 spiro atoms. The molecule has 138 valence electrons. The summed E-state index contributed by atoms with van der Waals surface area (Å²) in [5, 5.41) is 11.4. The molecule has 0 aliphatic carbocycles. The van der Waals surface area contributed by atoms with Crippen LogP contribution in [0.15, 0.2) is 47.3 Å². The Morgan fingerprint density at radius 2 is 1.88 bits per heavy atom. The van der Waals surface area contributed by atoms with E-state index in [1.165, 1.54) is 10.6 Å². The summed E-state index contributed by atoms with van der Waals surface area (Å²) in [5.41, 5.74) is 0.880. The quantitative estimate of drug-likeness (QED) is 0.756. The molecule has 1 aromatic heterocycles. The highest BCUT2D eigenvalue weighted by Gasteiger charge is 2.14. The van der Waals surface area contributed by atoms with Crippen LogP contribution in [-0.2, 0) is 29.1 Å². The first-order valence-corrected chi connectivity index (χ1v) is 8.43. The summed E-state index contributed by atoms with van der Waals surface area (Å²) in [6.45, 7) is 1.63. The SMILES string of the molecule is CCCCc1ccc(NC(=O)OCc2ccccc2)c(=O)n1CC(=O)O. The molecule has 7 heteroatoms. The van der Waals surface area contributed by atoms with Gasteiger partial charge in [-0.2, -0.15) is 0 Å². The first-order valence-electron chi connectivity index (χ1n) is 8.43. The summed E-state index contributed by atoms with van der Waals surface area (Å²) in [6, 6.07) is 12.3. The van der Waals surface area contributed by atoms with Crippen molar-refractivity contribution in [3.63, 3.8) is 0 Å². The number of anilines is 1. The maximum atomic E-state index is 12.5. The van der Waals surface area contributed by atoms with Crippen molar-refractivity contribution in [1.82, 2.24) is 4.57 Å². The fraction of sp³-hybridized carbons (Fsp3) is 0.316. The Kier molecular flexibility index (Phi) is 6.96. The zero-order valence-corrected chi connectivity index (χ0v) is 14.6. The molecular weight excluding hydrogens is 336 g/mol. The number of amides is 1. The van der Waals surface area contributed by atoms with Gasteiger partial charge < -0.3 is 9.84 Å². The third kappa shape index (κ3) is 5.47. The van der Waals surface area contributed by atoms with Crippen LogP contribution in [0.4, 0.5) is 10.5 Å². The lowest BCUT2D eigenvalue weighted by Crippen LogP contribution is -2.30. The average molecular weight is 358 g/mol. The first-order chi connectivity index (χ1) is 12.5. The van der Waals surface area contributed by atoms with E-state index in [9.17, 15) is 14.4 Å². The molecule has 0 saturated carbocycles. The maximum absolute atomic E-state index is 12.5. The average Bonchev–Trinajstić information content (AvgIpc) is 2.63. The van der Waals surface area contributed by atoms with Gasteiger partial charge in [-0.15, -0.1) is 0 Å². The van der Waals surface area contributed by atoms with E-state index >= 15 is 0 Å². The first kappa shape index (κ1) is 19.2. The summed E-state index contributed by atoms with van der Waals surface area (Å²) >= 11 is 0. The van der Waals surface area contributed by atoms with Crippen LogP contribution in [0.25, 0.3) is 0 Å². The van der Waals surface area contributed by atoms with Crippen LogP contribution in [0.1, 0.15) is 31.0 Å². The minimum Gasteiger partial charge on any atom is -0.480 e. The fourth-order valence-electron chi connectivity index (χ4n) is 2.47. The Labute approximate surface area is 151 Å². The largest absolute Gasteiger partial charge is 0.480 e.